The lowest BCUT2D eigenvalue weighted by molar-refractivity contribution is -0.164. The van der Waals surface area contributed by atoms with Crippen LogP contribution in [-0.4, -0.2) is 82.5 Å². The second-order valence-electron chi connectivity index (χ2n) is 14.5. The van der Waals surface area contributed by atoms with Crippen molar-refractivity contribution in [3.63, 3.8) is 0 Å². The molecule has 2 fully saturated rings. The average Bonchev–Trinajstić information content (AvgIpc) is 3.34. The average molecular weight is 598 g/mol. The van der Waals surface area contributed by atoms with Gasteiger partial charge in [-0.1, -0.05) is 42.8 Å². The van der Waals surface area contributed by atoms with Gasteiger partial charge in [-0.3, -0.25) is 19.4 Å². The number of benzene rings is 2. The zero-order chi connectivity index (χ0) is 31.9. The zero-order valence-electron chi connectivity index (χ0n) is 27.3. The fraction of sp³-hybridized carbons (Fsp3) is 0.600. The van der Waals surface area contributed by atoms with Crippen LogP contribution in [0, 0.1) is 24.5 Å². The molecule has 0 spiro atoms. The molecular weight excluding hydrogens is 548 g/mol. The molecule has 5 atom stereocenters. The summed E-state index contributed by atoms with van der Waals surface area (Å²) in [4.78, 5) is 34.1. The Kier molecular flexibility index (Phi) is 9.72. The minimum atomic E-state index is -0.627. The smallest absolute Gasteiger partial charge is 0.324 e. The Morgan fingerprint density at radius 2 is 1.58 bits per heavy atom. The number of carbonyl (C=O) groups excluding carboxylic acids is 2. The van der Waals surface area contributed by atoms with E-state index in [4.69, 9.17) is 4.74 Å². The van der Waals surface area contributed by atoms with Gasteiger partial charge in [0.15, 0.2) is 0 Å². The highest BCUT2D eigenvalue weighted by Gasteiger charge is 2.46. The van der Waals surface area contributed by atoms with Crippen LogP contribution in [0.4, 0.5) is 8.78 Å². The third kappa shape index (κ3) is 7.63. The first-order valence-electron chi connectivity index (χ1n) is 15.5. The first-order valence-corrected chi connectivity index (χ1v) is 15.5. The minimum Gasteiger partial charge on any atom is -0.459 e. The van der Waals surface area contributed by atoms with E-state index in [0.717, 1.165) is 17.2 Å². The van der Waals surface area contributed by atoms with Gasteiger partial charge in [-0.25, -0.2) is 8.78 Å². The summed E-state index contributed by atoms with van der Waals surface area (Å²) in [5.41, 5.74) is 1.76. The SMILES string of the molecule is Cc1ccc(C(C)[C@@H](C(=O)OC(C)(C)C)N2CCN(C(=O)[C@@H]3CN(C(C)(C)C)C[C@H]3c3ccc(F)cc3F)[C@@H](C)C2)cc1. The van der Waals surface area contributed by atoms with Crippen LogP contribution in [0.15, 0.2) is 42.5 Å². The molecule has 0 aromatic heterocycles. The van der Waals surface area contributed by atoms with Crippen LogP contribution < -0.4 is 0 Å². The maximum Gasteiger partial charge on any atom is 0.324 e. The molecule has 2 aliphatic heterocycles. The Labute approximate surface area is 256 Å². The van der Waals surface area contributed by atoms with Crippen LogP contribution in [0.2, 0.25) is 0 Å². The molecule has 2 aromatic rings. The van der Waals surface area contributed by atoms with Gasteiger partial charge in [0.1, 0.15) is 23.3 Å². The van der Waals surface area contributed by atoms with Crippen LogP contribution in [0.5, 0.6) is 0 Å². The number of amides is 1. The maximum atomic E-state index is 15.0. The second-order valence-corrected chi connectivity index (χ2v) is 14.5. The molecule has 2 saturated heterocycles. The summed E-state index contributed by atoms with van der Waals surface area (Å²) >= 11 is 0. The number of halogens is 2. The van der Waals surface area contributed by atoms with E-state index in [-0.39, 0.29) is 35.3 Å². The van der Waals surface area contributed by atoms with Gasteiger partial charge in [-0.2, -0.15) is 0 Å². The molecular formula is C35H49F2N3O3. The summed E-state index contributed by atoms with van der Waals surface area (Å²) in [6.45, 7) is 20.5. The number of hydrogen-bond acceptors (Lipinski definition) is 5. The van der Waals surface area contributed by atoms with Crippen molar-refractivity contribution in [3.05, 3.63) is 70.8 Å². The summed E-state index contributed by atoms with van der Waals surface area (Å²) < 4.78 is 34.7. The van der Waals surface area contributed by atoms with Gasteiger partial charge in [0, 0.05) is 62.2 Å². The number of rotatable bonds is 6. The molecule has 0 N–H and O–H groups in total. The van der Waals surface area contributed by atoms with Gasteiger partial charge in [-0.15, -0.1) is 0 Å². The van der Waals surface area contributed by atoms with Crippen molar-refractivity contribution in [3.8, 4) is 0 Å². The summed E-state index contributed by atoms with van der Waals surface area (Å²) in [5.74, 6) is -2.48. The first kappa shape index (κ1) is 33.1. The Morgan fingerprint density at radius 3 is 2.14 bits per heavy atom. The van der Waals surface area contributed by atoms with Crippen molar-refractivity contribution < 1.29 is 23.1 Å². The zero-order valence-corrected chi connectivity index (χ0v) is 27.3. The molecule has 8 heteroatoms. The number of likely N-dealkylation sites (tertiary alicyclic amines) is 1. The Morgan fingerprint density at radius 1 is 0.930 bits per heavy atom. The minimum absolute atomic E-state index is 0.0203. The normalized spacial score (nSPS) is 23.7. The van der Waals surface area contributed by atoms with Crippen LogP contribution in [0.1, 0.15) is 83.9 Å². The van der Waals surface area contributed by atoms with Crippen molar-refractivity contribution in [2.75, 3.05) is 32.7 Å². The molecule has 0 saturated carbocycles. The van der Waals surface area contributed by atoms with Crippen molar-refractivity contribution in [1.82, 2.24) is 14.7 Å². The van der Waals surface area contributed by atoms with Crippen LogP contribution in [0.3, 0.4) is 0 Å². The third-order valence-corrected chi connectivity index (χ3v) is 9.01. The largest absolute Gasteiger partial charge is 0.459 e. The fourth-order valence-corrected chi connectivity index (χ4v) is 6.58. The van der Waals surface area contributed by atoms with Gasteiger partial charge in [0.25, 0.3) is 0 Å². The number of carbonyl (C=O) groups is 2. The number of hydrogen-bond donors (Lipinski definition) is 0. The number of piperazine rings is 1. The van der Waals surface area contributed by atoms with E-state index >= 15 is 4.39 Å². The van der Waals surface area contributed by atoms with E-state index in [0.29, 0.717) is 38.3 Å². The summed E-state index contributed by atoms with van der Waals surface area (Å²) in [7, 11) is 0. The van der Waals surface area contributed by atoms with Crippen molar-refractivity contribution in [1.29, 1.82) is 0 Å². The third-order valence-electron chi connectivity index (χ3n) is 9.01. The number of esters is 1. The topological polar surface area (TPSA) is 53.1 Å². The Bertz CT molecular complexity index is 1300. The highest BCUT2D eigenvalue weighted by Crippen LogP contribution is 2.39. The quantitative estimate of drug-likeness (QED) is 0.375. The molecule has 2 aromatic carbocycles. The van der Waals surface area contributed by atoms with E-state index in [1.54, 1.807) is 0 Å². The van der Waals surface area contributed by atoms with Crippen molar-refractivity contribution in [2.45, 2.75) is 97.4 Å². The van der Waals surface area contributed by atoms with Crippen LogP contribution in [-0.2, 0) is 14.3 Å². The van der Waals surface area contributed by atoms with Gasteiger partial charge < -0.3 is 9.64 Å². The summed E-state index contributed by atoms with van der Waals surface area (Å²) in [6, 6.07) is 11.2. The van der Waals surface area contributed by atoms with Crippen LogP contribution in [0.25, 0.3) is 0 Å². The predicted molar refractivity (Wildman–Crippen MR) is 166 cm³/mol. The predicted octanol–water partition coefficient (Wildman–Crippen LogP) is 6.13. The maximum absolute atomic E-state index is 15.0. The fourth-order valence-electron chi connectivity index (χ4n) is 6.58. The van der Waals surface area contributed by atoms with Crippen molar-refractivity contribution >= 4 is 11.9 Å². The molecule has 1 amide bonds. The van der Waals surface area contributed by atoms with E-state index in [9.17, 15) is 14.0 Å². The van der Waals surface area contributed by atoms with Crippen LogP contribution >= 0.6 is 0 Å². The lowest BCUT2D eigenvalue weighted by atomic mass is 9.86. The van der Waals surface area contributed by atoms with Gasteiger partial charge >= 0.3 is 5.97 Å². The molecule has 236 valence electrons. The van der Waals surface area contributed by atoms with E-state index in [1.165, 1.54) is 12.1 Å². The van der Waals surface area contributed by atoms with E-state index < -0.39 is 29.2 Å². The molecule has 0 aliphatic carbocycles. The molecule has 0 radical (unpaired) electrons. The lowest BCUT2D eigenvalue weighted by Gasteiger charge is -2.45. The van der Waals surface area contributed by atoms with E-state index in [2.05, 4.69) is 61.8 Å². The molecule has 0 bridgehead atoms. The molecule has 6 nitrogen and oxygen atoms in total. The standard InChI is InChI=1S/C35H49F2N3O3/c1-22-10-12-25(13-11-22)24(3)31(33(42)43-35(7,8)9)38-16-17-40(23(2)19-38)32(41)29-21-39(34(4,5)6)20-28(29)27-15-14-26(36)18-30(27)37/h10-15,18,23-24,28-29,31H,16-17,19-21H2,1-9H3/t23-,24?,28-,29+,31-/m0/s1. The highest BCUT2D eigenvalue weighted by atomic mass is 19.1. The first-order chi connectivity index (χ1) is 20.0. The monoisotopic (exact) mass is 597 g/mol. The van der Waals surface area contributed by atoms with Gasteiger partial charge in [0.05, 0.1) is 5.92 Å². The number of nitrogens with zero attached hydrogens (tertiary/aromatic N) is 3. The Balaban J connectivity index is 1.57. The summed E-state index contributed by atoms with van der Waals surface area (Å²) in [5, 5.41) is 0. The number of aryl methyl sites for hydroxylation is 1. The van der Waals surface area contributed by atoms with E-state index in [1.807, 2.05) is 39.5 Å². The Hall–Kier alpha value is -2.84. The molecule has 2 heterocycles. The van der Waals surface area contributed by atoms with Gasteiger partial charge in [0.2, 0.25) is 5.91 Å². The number of ether oxygens (including phenoxy) is 1. The van der Waals surface area contributed by atoms with Crippen molar-refractivity contribution in [2.24, 2.45) is 5.92 Å². The lowest BCUT2D eigenvalue weighted by Crippen LogP contribution is -2.60. The molecule has 1 unspecified atom stereocenters. The summed E-state index contributed by atoms with van der Waals surface area (Å²) in [6.07, 6.45) is 0. The molecule has 43 heavy (non-hydrogen) atoms. The second kappa shape index (κ2) is 12.6. The van der Waals surface area contributed by atoms with Gasteiger partial charge in [-0.05, 0) is 72.6 Å². The molecule has 4 rings (SSSR count). The highest BCUT2D eigenvalue weighted by molar-refractivity contribution is 5.81. The molecule has 2 aliphatic rings.